The zero-order valence-electron chi connectivity index (χ0n) is 13.4. The van der Waals surface area contributed by atoms with Crippen molar-refractivity contribution in [2.45, 2.75) is 52.0 Å². The number of thiophene rings is 1. The average molecular weight is 322 g/mol. The van der Waals surface area contributed by atoms with Crippen molar-refractivity contribution >= 4 is 23.2 Å². The Kier molecular flexibility index (Phi) is 6.43. The Bertz CT molecular complexity index is 479. The molecule has 0 bridgehead atoms. The summed E-state index contributed by atoms with van der Waals surface area (Å²) in [4.78, 5) is 25.2. The molecule has 1 aromatic rings. The van der Waals surface area contributed by atoms with Crippen LogP contribution in [0.4, 0.5) is 0 Å². The number of amides is 2. The lowest BCUT2D eigenvalue weighted by Crippen LogP contribution is -2.50. The minimum atomic E-state index is -0.474. The predicted molar refractivity (Wildman–Crippen MR) is 90.0 cm³/mol. The molecule has 1 heterocycles. The molecule has 2 rings (SSSR count). The largest absolute Gasteiger partial charge is 0.354 e. The van der Waals surface area contributed by atoms with E-state index in [2.05, 4.69) is 10.6 Å². The van der Waals surface area contributed by atoms with Crippen LogP contribution < -0.4 is 10.6 Å². The first kappa shape index (κ1) is 17.0. The Morgan fingerprint density at radius 2 is 2.00 bits per heavy atom. The first-order valence-corrected chi connectivity index (χ1v) is 9.08. The molecule has 1 fully saturated rings. The van der Waals surface area contributed by atoms with Crippen LogP contribution >= 0.6 is 11.3 Å². The van der Waals surface area contributed by atoms with E-state index in [9.17, 15) is 9.59 Å². The van der Waals surface area contributed by atoms with Gasteiger partial charge < -0.3 is 10.6 Å². The van der Waals surface area contributed by atoms with Gasteiger partial charge in [-0.2, -0.15) is 0 Å². The second-order valence-electron chi connectivity index (χ2n) is 6.42. The first-order valence-electron chi connectivity index (χ1n) is 8.20. The van der Waals surface area contributed by atoms with Crippen LogP contribution in [-0.4, -0.2) is 24.4 Å². The third kappa shape index (κ3) is 4.83. The van der Waals surface area contributed by atoms with E-state index < -0.39 is 6.04 Å². The molecule has 0 unspecified atom stereocenters. The smallest absolute Gasteiger partial charge is 0.262 e. The molecule has 1 atom stereocenters. The normalized spacial score (nSPS) is 17.2. The fourth-order valence-electron chi connectivity index (χ4n) is 2.90. The Labute approximate surface area is 136 Å². The molecule has 1 aliphatic rings. The number of hydrogen-bond acceptors (Lipinski definition) is 3. The highest BCUT2D eigenvalue weighted by Gasteiger charge is 2.25. The molecule has 1 aliphatic carbocycles. The molecule has 2 N–H and O–H groups in total. The lowest BCUT2D eigenvalue weighted by molar-refractivity contribution is -0.124. The van der Waals surface area contributed by atoms with Crippen molar-refractivity contribution in [3.05, 3.63) is 22.4 Å². The summed E-state index contributed by atoms with van der Waals surface area (Å²) < 4.78 is 0. The van der Waals surface area contributed by atoms with Crippen molar-refractivity contribution in [1.29, 1.82) is 0 Å². The highest BCUT2D eigenvalue weighted by atomic mass is 32.1. The molecular weight excluding hydrogens is 296 g/mol. The average Bonchev–Trinajstić information content (AvgIpc) is 3.05. The second-order valence-corrected chi connectivity index (χ2v) is 7.37. The molecule has 2 amide bonds. The van der Waals surface area contributed by atoms with E-state index in [1.807, 2.05) is 25.3 Å². The molecule has 0 aromatic carbocycles. The summed E-state index contributed by atoms with van der Waals surface area (Å²) in [6.45, 7) is 4.65. The fraction of sp³-hybridized carbons (Fsp3) is 0.647. The SMILES string of the molecule is CC(C)[C@H](NC(=O)c1cccs1)C(=O)NCC1CCCCC1. The van der Waals surface area contributed by atoms with Crippen molar-refractivity contribution in [1.82, 2.24) is 10.6 Å². The van der Waals surface area contributed by atoms with Gasteiger partial charge in [0, 0.05) is 6.54 Å². The Morgan fingerprint density at radius 1 is 1.27 bits per heavy atom. The summed E-state index contributed by atoms with van der Waals surface area (Å²) in [7, 11) is 0. The van der Waals surface area contributed by atoms with Gasteiger partial charge in [0.2, 0.25) is 5.91 Å². The van der Waals surface area contributed by atoms with Gasteiger partial charge in [-0.3, -0.25) is 9.59 Å². The number of nitrogens with one attached hydrogen (secondary N) is 2. The number of hydrogen-bond donors (Lipinski definition) is 2. The lowest BCUT2D eigenvalue weighted by atomic mass is 9.89. The molecule has 1 saturated carbocycles. The van der Waals surface area contributed by atoms with E-state index in [0.717, 1.165) is 6.54 Å². The van der Waals surface area contributed by atoms with Gasteiger partial charge in [0.05, 0.1) is 4.88 Å². The van der Waals surface area contributed by atoms with Gasteiger partial charge in [-0.25, -0.2) is 0 Å². The van der Waals surface area contributed by atoms with E-state index >= 15 is 0 Å². The second kappa shape index (κ2) is 8.32. The monoisotopic (exact) mass is 322 g/mol. The summed E-state index contributed by atoms with van der Waals surface area (Å²) in [5.41, 5.74) is 0. The van der Waals surface area contributed by atoms with Crippen molar-refractivity contribution in [3.8, 4) is 0 Å². The number of rotatable bonds is 6. The summed E-state index contributed by atoms with van der Waals surface area (Å²) in [5.74, 6) is 0.431. The maximum Gasteiger partial charge on any atom is 0.262 e. The van der Waals surface area contributed by atoms with E-state index in [1.165, 1.54) is 43.4 Å². The summed E-state index contributed by atoms with van der Waals surface area (Å²) in [6.07, 6.45) is 6.25. The summed E-state index contributed by atoms with van der Waals surface area (Å²) in [5, 5.41) is 7.76. The third-order valence-electron chi connectivity index (χ3n) is 4.27. The molecule has 0 spiro atoms. The lowest BCUT2D eigenvalue weighted by Gasteiger charge is -2.25. The van der Waals surface area contributed by atoms with E-state index in [4.69, 9.17) is 0 Å². The molecule has 0 saturated heterocycles. The molecule has 0 aliphatic heterocycles. The van der Waals surface area contributed by atoms with Gasteiger partial charge in [0.1, 0.15) is 6.04 Å². The van der Waals surface area contributed by atoms with Gasteiger partial charge in [-0.1, -0.05) is 39.2 Å². The molecule has 22 heavy (non-hydrogen) atoms. The van der Waals surface area contributed by atoms with Crippen molar-refractivity contribution in [3.63, 3.8) is 0 Å². The van der Waals surface area contributed by atoms with Gasteiger partial charge in [-0.05, 0) is 36.1 Å². The highest BCUT2D eigenvalue weighted by molar-refractivity contribution is 7.12. The van der Waals surface area contributed by atoms with Crippen molar-refractivity contribution in [2.24, 2.45) is 11.8 Å². The first-order chi connectivity index (χ1) is 10.6. The fourth-order valence-corrected chi connectivity index (χ4v) is 3.53. The topological polar surface area (TPSA) is 58.2 Å². The summed E-state index contributed by atoms with van der Waals surface area (Å²) in [6, 6.07) is 3.14. The standard InChI is InChI=1S/C17H26N2O2S/c1-12(2)15(19-16(20)14-9-6-10-22-14)17(21)18-11-13-7-4-3-5-8-13/h6,9-10,12-13,15H,3-5,7-8,11H2,1-2H3,(H,18,21)(H,19,20)/t15-/m0/s1. The molecule has 1 aromatic heterocycles. The molecule has 5 heteroatoms. The van der Waals surface area contributed by atoms with E-state index in [-0.39, 0.29) is 17.7 Å². The number of carbonyl (C=O) groups excluding carboxylic acids is 2. The van der Waals surface area contributed by atoms with Crippen LogP contribution in [0.1, 0.15) is 55.6 Å². The third-order valence-corrected chi connectivity index (χ3v) is 5.14. The van der Waals surface area contributed by atoms with Crippen molar-refractivity contribution < 1.29 is 9.59 Å². The molecular formula is C17H26N2O2S. The zero-order chi connectivity index (χ0) is 15.9. The minimum absolute atomic E-state index is 0.0644. The minimum Gasteiger partial charge on any atom is -0.354 e. The molecule has 0 radical (unpaired) electrons. The van der Waals surface area contributed by atoms with Gasteiger partial charge in [0.25, 0.3) is 5.91 Å². The van der Waals surface area contributed by atoms with Crippen LogP contribution in [0, 0.1) is 11.8 Å². The van der Waals surface area contributed by atoms with Crippen LogP contribution in [0.2, 0.25) is 0 Å². The predicted octanol–water partition coefficient (Wildman–Crippen LogP) is 3.20. The van der Waals surface area contributed by atoms with E-state index in [1.54, 1.807) is 6.07 Å². The van der Waals surface area contributed by atoms with Crippen molar-refractivity contribution in [2.75, 3.05) is 6.54 Å². The summed E-state index contributed by atoms with van der Waals surface area (Å²) >= 11 is 1.39. The Hall–Kier alpha value is -1.36. The van der Waals surface area contributed by atoms with Crippen LogP contribution in [0.15, 0.2) is 17.5 Å². The van der Waals surface area contributed by atoms with Crippen LogP contribution in [0.5, 0.6) is 0 Å². The Morgan fingerprint density at radius 3 is 2.59 bits per heavy atom. The maximum atomic E-state index is 12.4. The number of carbonyl (C=O) groups is 2. The van der Waals surface area contributed by atoms with E-state index in [0.29, 0.717) is 10.8 Å². The highest BCUT2D eigenvalue weighted by Crippen LogP contribution is 2.22. The van der Waals surface area contributed by atoms with Crippen LogP contribution in [0.25, 0.3) is 0 Å². The maximum absolute atomic E-state index is 12.4. The van der Waals surface area contributed by atoms with Crippen LogP contribution in [-0.2, 0) is 4.79 Å². The van der Waals surface area contributed by atoms with Crippen LogP contribution in [0.3, 0.4) is 0 Å². The Balaban J connectivity index is 1.86. The molecule has 122 valence electrons. The van der Waals surface area contributed by atoms with Gasteiger partial charge in [0.15, 0.2) is 0 Å². The van der Waals surface area contributed by atoms with Gasteiger partial charge in [-0.15, -0.1) is 11.3 Å². The van der Waals surface area contributed by atoms with Gasteiger partial charge >= 0.3 is 0 Å². The quantitative estimate of drug-likeness (QED) is 0.845. The zero-order valence-corrected chi connectivity index (χ0v) is 14.2. The molecule has 4 nitrogen and oxygen atoms in total.